The summed E-state index contributed by atoms with van der Waals surface area (Å²) in [5.41, 5.74) is 1.35. The summed E-state index contributed by atoms with van der Waals surface area (Å²) in [4.78, 5) is 39.7. The lowest BCUT2D eigenvalue weighted by atomic mass is 9.82. The molecule has 194 valence electrons. The summed E-state index contributed by atoms with van der Waals surface area (Å²) in [6.07, 6.45) is 10.4. The van der Waals surface area contributed by atoms with E-state index >= 15 is 0 Å². The minimum Gasteiger partial charge on any atom is -0.477 e. The van der Waals surface area contributed by atoms with Crippen molar-refractivity contribution in [3.8, 4) is 5.69 Å². The van der Waals surface area contributed by atoms with Crippen LogP contribution in [0.4, 0.5) is 11.5 Å². The second-order valence-electron chi connectivity index (χ2n) is 10.7. The molecule has 8 heteroatoms. The van der Waals surface area contributed by atoms with Crippen molar-refractivity contribution >= 4 is 29.3 Å². The van der Waals surface area contributed by atoms with Gasteiger partial charge in [-0.15, -0.1) is 5.10 Å². The molecule has 0 aliphatic heterocycles. The van der Waals surface area contributed by atoms with Crippen molar-refractivity contribution in [2.24, 2.45) is 17.8 Å². The van der Waals surface area contributed by atoms with Gasteiger partial charge in [-0.05, 0) is 82.6 Å². The highest BCUT2D eigenvalue weighted by Crippen LogP contribution is 2.33. The monoisotopic (exact) mass is 494 g/mol. The predicted octanol–water partition coefficient (Wildman–Crippen LogP) is 5.66. The quantitative estimate of drug-likeness (QED) is 0.517. The number of rotatable bonds is 7. The number of carbonyl (C=O) groups excluding carboxylic acids is 2. The van der Waals surface area contributed by atoms with Gasteiger partial charge in [0.1, 0.15) is 5.56 Å². The Kier molecular flexibility index (Phi) is 8.11. The Balaban J connectivity index is 1.55. The first kappa shape index (κ1) is 25.9. The largest absolute Gasteiger partial charge is 0.477 e. The SMILES string of the molecule is CC(C)N(c1nn(-c2ccc(NC(=O)C3CCCCC3)cc2)cc1C(=O)O)C(=O)[C@H]1CC[C@H](C)CC1. The van der Waals surface area contributed by atoms with Gasteiger partial charge in [0.25, 0.3) is 0 Å². The van der Waals surface area contributed by atoms with Gasteiger partial charge in [0, 0.05) is 29.8 Å². The third-order valence-corrected chi connectivity index (χ3v) is 7.65. The summed E-state index contributed by atoms with van der Waals surface area (Å²) in [5.74, 6) is -0.366. The van der Waals surface area contributed by atoms with Crippen LogP contribution >= 0.6 is 0 Å². The van der Waals surface area contributed by atoms with Crippen molar-refractivity contribution in [2.75, 3.05) is 10.2 Å². The summed E-state index contributed by atoms with van der Waals surface area (Å²) in [6, 6.07) is 6.96. The zero-order chi connectivity index (χ0) is 25.8. The fourth-order valence-electron chi connectivity index (χ4n) is 5.44. The third-order valence-electron chi connectivity index (χ3n) is 7.65. The fraction of sp³-hybridized carbons (Fsp3) is 0.571. The van der Waals surface area contributed by atoms with Gasteiger partial charge in [-0.2, -0.15) is 0 Å². The van der Waals surface area contributed by atoms with Gasteiger partial charge >= 0.3 is 5.97 Å². The molecule has 2 amide bonds. The number of carbonyl (C=O) groups is 3. The molecule has 0 saturated heterocycles. The number of nitrogens with one attached hydrogen (secondary N) is 1. The molecule has 1 heterocycles. The van der Waals surface area contributed by atoms with Crippen LogP contribution in [0.1, 0.15) is 88.9 Å². The van der Waals surface area contributed by atoms with E-state index in [9.17, 15) is 19.5 Å². The smallest absolute Gasteiger partial charge is 0.341 e. The van der Waals surface area contributed by atoms with Crippen molar-refractivity contribution in [1.82, 2.24) is 9.78 Å². The van der Waals surface area contributed by atoms with Gasteiger partial charge in [-0.25, -0.2) is 9.48 Å². The van der Waals surface area contributed by atoms with Crippen LogP contribution in [0.15, 0.2) is 30.5 Å². The Morgan fingerprint density at radius 1 is 0.972 bits per heavy atom. The average molecular weight is 495 g/mol. The van der Waals surface area contributed by atoms with Gasteiger partial charge in [-0.1, -0.05) is 26.2 Å². The molecule has 0 bridgehead atoms. The number of nitrogens with zero attached hydrogens (tertiary/aromatic N) is 3. The molecule has 2 saturated carbocycles. The number of carboxylic acids is 1. The summed E-state index contributed by atoms with van der Waals surface area (Å²) in [7, 11) is 0. The maximum Gasteiger partial charge on any atom is 0.341 e. The van der Waals surface area contributed by atoms with E-state index in [0.717, 1.165) is 51.4 Å². The molecule has 2 aliphatic carbocycles. The second-order valence-corrected chi connectivity index (χ2v) is 10.7. The molecule has 0 unspecified atom stereocenters. The topological polar surface area (TPSA) is 105 Å². The Labute approximate surface area is 213 Å². The maximum atomic E-state index is 13.5. The molecule has 0 spiro atoms. The number of amides is 2. The van der Waals surface area contributed by atoms with E-state index in [0.29, 0.717) is 17.3 Å². The van der Waals surface area contributed by atoms with Crippen LogP contribution in [-0.4, -0.2) is 38.7 Å². The minimum atomic E-state index is -1.12. The number of hydrogen-bond acceptors (Lipinski definition) is 4. The lowest BCUT2D eigenvalue weighted by Gasteiger charge is -2.32. The highest BCUT2D eigenvalue weighted by Gasteiger charge is 2.34. The van der Waals surface area contributed by atoms with E-state index in [1.807, 2.05) is 13.8 Å². The molecular formula is C28H38N4O4. The van der Waals surface area contributed by atoms with Gasteiger partial charge in [0.15, 0.2) is 5.82 Å². The first-order valence-corrected chi connectivity index (χ1v) is 13.3. The number of benzene rings is 1. The summed E-state index contributed by atoms with van der Waals surface area (Å²) in [6.45, 7) is 5.98. The van der Waals surface area contributed by atoms with Gasteiger partial charge in [0.2, 0.25) is 11.8 Å². The molecule has 0 atom stereocenters. The van der Waals surface area contributed by atoms with E-state index in [1.54, 1.807) is 29.2 Å². The van der Waals surface area contributed by atoms with Crippen LogP contribution in [0.2, 0.25) is 0 Å². The van der Waals surface area contributed by atoms with Crippen molar-refractivity contribution in [3.63, 3.8) is 0 Å². The average Bonchev–Trinajstić information content (AvgIpc) is 3.30. The highest BCUT2D eigenvalue weighted by molar-refractivity contribution is 6.02. The van der Waals surface area contributed by atoms with E-state index in [4.69, 9.17) is 0 Å². The molecule has 2 aromatic rings. The van der Waals surface area contributed by atoms with E-state index < -0.39 is 5.97 Å². The lowest BCUT2D eigenvalue weighted by molar-refractivity contribution is -0.124. The Morgan fingerprint density at radius 3 is 2.19 bits per heavy atom. The zero-order valence-corrected chi connectivity index (χ0v) is 21.6. The number of aromatic nitrogens is 2. The molecule has 2 N–H and O–H groups in total. The number of aromatic carboxylic acids is 1. The standard InChI is InChI=1S/C28H38N4O4/c1-18(2)32(27(34)21-11-9-19(3)10-12-21)25-24(28(35)36)17-31(30-25)23-15-13-22(14-16-23)29-26(33)20-7-5-4-6-8-20/h13-21H,4-12H2,1-3H3,(H,29,33)(H,35,36)/t19-,21-. The second kappa shape index (κ2) is 11.3. The lowest BCUT2D eigenvalue weighted by Crippen LogP contribution is -2.43. The van der Waals surface area contributed by atoms with Crippen LogP contribution in [0.25, 0.3) is 5.69 Å². The predicted molar refractivity (Wildman–Crippen MR) is 139 cm³/mol. The molecule has 4 rings (SSSR count). The van der Waals surface area contributed by atoms with Gasteiger partial charge < -0.3 is 10.4 Å². The van der Waals surface area contributed by atoms with Gasteiger partial charge in [-0.3, -0.25) is 14.5 Å². The Morgan fingerprint density at radius 2 is 1.61 bits per heavy atom. The number of anilines is 2. The molecular weight excluding hydrogens is 456 g/mol. The molecule has 8 nitrogen and oxygen atoms in total. The van der Waals surface area contributed by atoms with Crippen LogP contribution < -0.4 is 10.2 Å². The summed E-state index contributed by atoms with van der Waals surface area (Å²) in [5, 5.41) is 17.5. The highest BCUT2D eigenvalue weighted by atomic mass is 16.4. The van der Waals surface area contributed by atoms with Crippen molar-refractivity contribution in [3.05, 3.63) is 36.0 Å². The number of carboxylic acid groups (broad SMARTS) is 1. The van der Waals surface area contributed by atoms with Crippen molar-refractivity contribution in [1.29, 1.82) is 0 Å². The van der Waals surface area contributed by atoms with E-state index in [1.165, 1.54) is 17.3 Å². The number of hydrogen-bond donors (Lipinski definition) is 2. The van der Waals surface area contributed by atoms with E-state index in [-0.39, 0.29) is 41.1 Å². The fourth-order valence-corrected chi connectivity index (χ4v) is 5.44. The molecule has 2 fully saturated rings. The molecule has 1 aromatic heterocycles. The Hall–Kier alpha value is -3.16. The van der Waals surface area contributed by atoms with E-state index in [2.05, 4.69) is 17.3 Å². The normalized spacial score (nSPS) is 20.8. The Bertz CT molecular complexity index is 1080. The summed E-state index contributed by atoms with van der Waals surface area (Å²) < 4.78 is 1.50. The molecule has 2 aliphatic rings. The molecule has 0 radical (unpaired) electrons. The van der Waals surface area contributed by atoms with Crippen LogP contribution in [0.5, 0.6) is 0 Å². The van der Waals surface area contributed by atoms with Crippen LogP contribution in [-0.2, 0) is 9.59 Å². The molecule has 36 heavy (non-hydrogen) atoms. The summed E-state index contributed by atoms with van der Waals surface area (Å²) >= 11 is 0. The minimum absolute atomic E-state index is 0.00379. The van der Waals surface area contributed by atoms with Crippen LogP contribution in [0, 0.1) is 17.8 Å². The van der Waals surface area contributed by atoms with Gasteiger partial charge in [0.05, 0.1) is 5.69 Å². The van der Waals surface area contributed by atoms with Crippen LogP contribution in [0.3, 0.4) is 0 Å². The first-order valence-electron chi connectivity index (χ1n) is 13.3. The molecule has 1 aromatic carbocycles. The first-order chi connectivity index (χ1) is 17.2. The maximum absolute atomic E-state index is 13.5. The third kappa shape index (κ3) is 5.79. The zero-order valence-electron chi connectivity index (χ0n) is 21.6. The van der Waals surface area contributed by atoms with Crippen molar-refractivity contribution < 1.29 is 19.5 Å². The van der Waals surface area contributed by atoms with Crippen molar-refractivity contribution in [2.45, 2.75) is 84.6 Å².